The van der Waals surface area contributed by atoms with Crippen LogP contribution in [-0.2, 0) is 13.0 Å². The summed E-state index contributed by atoms with van der Waals surface area (Å²) in [6, 6.07) is 18.8. The summed E-state index contributed by atoms with van der Waals surface area (Å²) in [4.78, 5) is 2.26. The van der Waals surface area contributed by atoms with Crippen LogP contribution in [0.2, 0.25) is 0 Å². The molecular formula is C21H22N2O2. The Bertz CT molecular complexity index is 838. The molecular weight excluding hydrogens is 312 g/mol. The highest BCUT2D eigenvalue weighted by atomic mass is 16.5. The summed E-state index contributed by atoms with van der Waals surface area (Å²) in [5.74, 6) is 0.976. The van der Waals surface area contributed by atoms with Gasteiger partial charge in [0.25, 0.3) is 0 Å². The number of nitrogens with zero attached hydrogens (tertiary/aromatic N) is 2. The van der Waals surface area contributed by atoms with Crippen LogP contribution in [0.25, 0.3) is 22.4 Å². The summed E-state index contributed by atoms with van der Waals surface area (Å²) in [6.45, 7) is 4.18. The predicted molar refractivity (Wildman–Crippen MR) is 98.0 cm³/mol. The van der Waals surface area contributed by atoms with Gasteiger partial charge < -0.3 is 9.63 Å². The average molecular weight is 334 g/mol. The lowest BCUT2D eigenvalue weighted by Gasteiger charge is -2.27. The number of rotatable bonds is 4. The van der Waals surface area contributed by atoms with Crippen LogP contribution in [0.4, 0.5) is 0 Å². The largest absolute Gasteiger partial charge is 0.392 e. The molecule has 0 saturated heterocycles. The topological polar surface area (TPSA) is 49.5 Å². The molecule has 128 valence electrons. The summed E-state index contributed by atoms with van der Waals surface area (Å²) >= 11 is 0. The van der Waals surface area contributed by atoms with Crippen molar-refractivity contribution in [1.82, 2.24) is 10.1 Å². The van der Waals surface area contributed by atoms with Crippen molar-refractivity contribution in [3.63, 3.8) is 0 Å². The van der Waals surface area contributed by atoms with Crippen LogP contribution in [0.15, 0.2) is 59.1 Å². The maximum atomic E-state index is 9.65. The molecule has 4 heteroatoms. The zero-order valence-electron chi connectivity index (χ0n) is 14.4. The van der Waals surface area contributed by atoms with Crippen molar-refractivity contribution < 1.29 is 9.63 Å². The molecule has 2 aromatic carbocycles. The highest BCUT2D eigenvalue weighted by molar-refractivity contribution is 5.70. The predicted octanol–water partition coefficient (Wildman–Crippen LogP) is 3.75. The van der Waals surface area contributed by atoms with Crippen molar-refractivity contribution in [3.8, 4) is 22.4 Å². The van der Waals surface area contributed by atoms with Gasteiger partial charge in [0.05, 0.1) is 6.10 Å². The molecule has 0 spiro atoms. The molecule has 1 atom stereocenters. The second-order valence-corrected chi connectivity index (χ2v) is 6.71. The second kappa shape index (κ2) is 6.82. The van der Waals surface area contributed by atoms with E-state index in [1.807, 2.05) is 25.1 Å². The molecule has 1 aromatic heterocycles. The van der Waals surface area contributed by atoms with Crippen LogP contribution in [0.1, 0.15) is 18.2 Å². The maximum absolute atomic E-state index is 9.65. The molecule has 1 N–H and O–H groups in total. The van der Waals surface area contributed by atoms with Gasteiger partial charge in [0.15, 0.2) is 0 Å². The lowest BCUT2D eigenvalue weighted by molar-refractivity contribution is 0.116. The van der Waals surface area contributed by atoms with Crippen molar-refractivity contribution >= 4 is 0 Å². The van der Waals surface area contributed by atoms with Crippen LogP contribution in [-0.4, -0.2) is 34.4 Å². The molecule has 25 heavy (non-hydrogen) atoms. The Morgan fingerprint density at radius 3 is 2.44 bits per heavy atom. The zero-order valence-corrected chi connectivity index (χ0v) is 14.4. The summed E-state index contributed by atoms with van der Waals surface area (Å²) in [5.41, 5.74) is 5.55. The third-order valence-corrected chi connectivity index (χ3v) is 4.69. The standard InChI is InChI=1S/C21H22N2O2/c1-15(24)13-23-12-11-20-19(14-23)21(22-25-20)18-9-7-17(8-10-18)16-5-3-2-4-6-16/h2-10,15,24H,11-14H2,1H3/t15-/m1/s1. The highest BCUT2D eigenvalue weighted by Crippen LogP contribution is 2.31. The Kier molecular flexibility index (Phi) is 4.38. The van der Waals surface area contributed by atoms with E-state index in [1.165, 1.54) is 11.1 Å². The van der Waals surface area contributed by atoms with Crippen LogP contribution >= 0.6 is 0 Å². The maximum Gasteiger partial charge on any atom is 0.143 e. The molecule has 0 amide bonds. The number of fused-ring (bicyclic) bond motifs is 1. The van der Waals surface area contributed by atoms with Crippen molar-refractivity contribution in [2.24, 2.45) is 0 Å². The van der Waals surface area contributed by atoms with Crippen LogP contribution in [0, 0.1) is 0 Å². The van der Waals surface area contributed by atoms with E-state index in [1.54, 1.807) is 0 Å². The molecule has 0 radical (unpaired) electrons. The molecule has 1 aliphatic heterocycles. The third kappa shape index (κ3) is 3.36. The second-order valence-electron chi connectivity index (χ2n) is 6.71. The van der Waals surface area contributed by atoms with Crippen molar-refractivity contribution in [2.45, 2.75) is 26.0 Å². The minimum atomic E-state index is -0.324. The minimum absolute atomic E-state index is 0.324. The van der Waals surface area contributed by atoms with Gasteiger partial charge >= 0.3 is 0 Å². The zero-order chi connectivity index (χ0) is 17.2. The fourth-order valence-electron chi connectivity index (χ4n) is 3.47. The van der Waals surface area contributed by atoms with Gasteiger partial charge in [-0.15, -0.1) is 0 Å². The van der Waals surface area contributed by atoms with E-state index in [-0.39, 0.29) is 6.10 Å². The highest BCUT2D eigenvalue weighted by Gasteiger charge is 2.25. The fraction of sp³-hybridized carbons (Fsp3) is 0.286. The summed E-state index contributed by atoms with van der Waals surface area (Å²) in [5, 5.41) is 14.0. The van der Waals surface area contributed by atoms with E-state index >= 15 is 0 Å². The number of β-amino-alcohol motifs (C(OH)–C–C–N with tert-alkyl or cyclic N) is 1. The number of benzene rings is 2. The molecule has 0 bridgehead atoms. The summed E-state index contributed by atoms with van der Waals surface area (Å²) in [6.07, 6.45) is 0.520. The first-order valence-electron chi connectivity index (χ1n) is 8.74. The SMILES string of the molecule is C[C@@H](O)CN1CCc2onc(-c3ccc(-c4ccccc4)cc3)c2C1. The number of aliphatic hydroxyl groups excluding tert-OH is 1. The van der Waals surface area contributed by atoms with E-state index in [0.29, 0.717) is 6.54 Å². The number of aromatic nitrogens is 1. The van der Waals surface area contributed by atoms with Gasteiger partial charge in [-0.05, 0) is 18.1 Å². The monoisotopic (exact) mass is 334 g/mol. The van der Waals surface area contributed by atoms with Gasteiger partial charge in [-0.2, -0.15) is 0 Å². The van der Waals surface area contributed by atoms with E-state index in [0.717, 1.165) is 42.1 Å². The molecule has 4 nitrogen and oxygen atoms in total. The summed E-state index contributed by atoms with van der Waals surface area (Å²) in [7, 11) is 0. The van der Waals surface area contributed by atoms with Crippen LogP contribution in [0.3, 0.4) is 0 Å². The quantitative estimate of drug-likeness (QED) is 0.789. The molecule has 1 aliphatic rings. The first-order chi connectivity index (χ1) is 12.2. The molecule has 0 saturated carbocycles. The van der Waals surface area contributed by atoms with Gasteiger partial charge in [0.1, 0.15) is 11.5 Å². The number of aliphatic hydroxyl groups is 1. The number of hydrogen-bond acceptors (Lipinski definition) is 4. The molecule has 3 aromatic rings. The summed E-state index contributed by atoms with van der Waals surface area (Å²) < 4.78 is 5.57. The Morgan fingerprint density at radius 2 is 1.72 bits per heavy atom. The van der Waals surface area contributed by atoms with Crippen molar-refractivity contribution in [1.29, 1.82) is 0 Å². The fourth-order valence-corrected chi connectivity index (χ4v) is 3.47. The lowest BCUT2D eigenvalue weighted by atomic mass is 9.98. The minimum Gasteiger partial charge on any atom is -0.392 e. The van der Waals surface area contributed by atoms with Crippen molar-refractivity contribution in [3.05, 3.63) is 65.9 Å². The first kappa shape index (κ1) is 16.1. The van der Waals surface area contributed by atoms with E-state index in [2.05, 4.69) is 46.5 Å². The molecule has 0 fully saturated rings. The van der Waals surface area contributed by atoms with Gasteiger partial charge in [-0.1, -0.05) is 59.8 Å². The Balaban J connectivity index is 1.60. The van der Waals surface area contributed by atoms with E-state index in [4.69, 9.17) is 4.52 Å². The normalized spacial score (nSPS) is 15.8. The van der Waals surface area contributed by atoms with Gasteiger partial charge in [-0.3, -0.25) is 4.90 Å². The Morgan fingerprint density at radius 1 is 1.04 bits per heavy atom. The van der Waals surface area contributed by atoms with Gasteiger partial charge in [0.2, 0.25) is 0 Å². The van der Waals surface area contributed by atoms with Crippen LogP contribution in [0.5, 0.6) is 0 Å². The average Bonchev–Trinajstić information content (AvgIpc) is 3.05. The van der Waals surface area contributed by atoms with Crippen molar-refractivity contribution in [2.75, 3.05) is 13.1 Å². The van der Waals surface area contributed by atoms with E-state index in [9.17, 15) is 5.11 Å². The third-order valence-electron chi connectivity index (χ3n) is 4.69. The lowest BCUT2D eigenvalue weighted by Crippen LogP contribution is -2.35. The smallest absolute Gasteiger partial charge is 0.143 e. The molecule has 0 aliphatic carbocycles. The molecule has 0 unspecified atom stereocenters. The first-order valence-corrected chi connectivity index (χ1v) is 8.74. The number of hydrogen-bond donors (Lipinski definition) is 1. The van der Waals surface area contributed by atoms with E-state index < -0.39 is 0 Å². The van der Waals surface area contributed by atoms with Gasteiger partial charge in [-0.25, -0.2) is 0 Å². The van der Waals surface area contributed by atoms with Crippen LogP contribution < -0.4 is 0 Å². The molecule has 2 heterocycles. The molecule has 4 rings (SSSR count). The Labute approximate surface area is 147 Å². The Hall–Kier alpha value is -2.43. The van der Waals surface area contributed by atoms with Gasteiger partial charge in [0, 0.05) is 37.2 Å².